The molecule has 2 aromatic rings. The van der Waals surface area contributed by atoms with Gasteiger partial charge in [0.15, 0.2) is 0 Å². The van der Waals surface area contributed by atoms with Crippen LogP contribution < -0.4 is 10.5 Å². The van der Waals surface area contributed by atoms with E-state index in [1.54, 1.807) is 6.20 Å². The Morgan fingerprint density at radius 3 is 2.82 bits per heavy atom. The topological polar surface area (TPSA) is 71.7 Å². The number of nitrogens with two attached hydrogens (primary N) is 1. The van der Waals surface area contributed by atoms with Gasteiger partial charge in [-0.1, -0.05) is 6.07 Å². The highest BCUT2D eigenvalue weighted by molar-refractivity contribution is 5.85. The molecule has 0 radical (unpaired) electrons. The summed E-state index contributed by atoms with van der Waals surface area (Å²) in [6.45, 7) is 4.02. The molecule has 7 heteroatoms. The van der Waals surface area contributed by atoms with Gasteiger partial charge in [-0.2, -0.15) is 0 Å². The molecular weight excluding hydrogens is 359 g/mol. The van der Waals surface area contributed by atoms with Crippen LogP contribution in [0.1, 0.15) is 24.8 Å². The van der Waals surface area contributed by atoms with E-state index in [9.17, 15) is 9.18 Å². The van der Waals surface area contributed by atoms with Crippen molar-refractivity contribution < 1.29 is 13.9 Å². The van der Waals surface area contributed by atoms with Crippen LogP contribution in [-0.4, -0.2) is 65.3 Å². The second-order valence-corrected chi connectivity index (χ2v) is 7.87. The number of likely N-dealkylation sites (tertiary alicyclic amines) is 2. The Morgan fingerprint density at radius 1 is 1.32 bits per heavy atom. The first-order chi connectivity index (χ1) is 13.5. The lowest BCUT2D eigenvalue weighted by Gasteiger charge is -2.33. The SMILES string of the molecule is Cc1ccc2c(OC3CCN(CC(=O)N4C[C@@H](F)C[C@H]4N)CC3)ccnc2c1. The number of hydrogen-bond acceptors (Lipinski definition) is 5. The van der Waals surface area contributed by atoms with E-state index in [2.05, 4.69) is 35.0 Å². The third-order valence-electron chi connectivity index (χ3n) is 5.66. The van der Waals surface area contributed by atoms with E-state index in [1.165, 1.54) is 10.5 Å². The van der Waals surface area contributed by atoms with Crippen molar-refractivity contribution in [1.82, 2.24) is 14.8 Å². The number of nitrogens with zero attached hydrogens (tertiary/aromatic N) is 3. The predicted molar refractivity (Wildman–Crippen MR) is 106 cm³/mol. The molecule has 0 spiro atoms. The van der Waals surface area contributed by atoms with Crippen LogP contribution in [0.15, 0.2) is 30.5 Å². The van der Waals surface area contributed by atoms with Gasteiger partial charge in [0, 0.05) is 31.1 Å². The molecule has 150 valence electrons. The van der Waals surface area contributed by atoms with Crippen molar-refractivity contribution in [3.8, 4) is 5.75 Å². The molecule has 2 aliphatic rings. The van der Waals surface area contributed by atoms with Gasteiger partial charge in [-0.05, 0) is 43.5 Å². The van der Waals surface area contributed by atoms with Crippen LogP contribution in [0, 0.1) is 6.92 Å². The highest BCUT2D eigenvalue weighted by atomic mass is 19.1. The number of carbonyl (C=O) groups is 1. The van der Waals surface area contributed by atoms with E-state index in [4.69, 9.17) is 10.5 Å². The first kappa shape index (κ1) is 19.1. The van der Waals surface area contributed by atoms with E-state index in [-0.39, 0.29) is 25.0 Å². The average Bonchev–Trinajstić information content (AvgIpc) is 3.01. The monoisotopic (exact) mass is 386 g/mol. The molecule has 0 bridgehead atoms. The van der Waals surface area contributed by atoms with E-state index in [0.29, 0.717) is 6.54 Å². The predicted octanol–water partition coefficient (Wildman–Crippen LogP) is 2.24. The molecule has 0 saturated carbocycles. The molecule has 6 nitrogen and oxygen atoms in total. The molecule has 2 N–H and O–H groups in total. The number of hydrogen-bond donors (Lipinski definition) is 1. The van der Waals surface area contributed by atoms with Crippen LogP contribution in [0.4, 0.5) is 4.39 Å². The first-order valence-corrected chi connectivity index (χ1v) is 9.93. The van der Waals surface area contributed by atoms with Gasteiger partial charge in [-0.25, -0.2) is 4.39 Å². The Morgan fingerprint density at radius 2 is 2.11 bits per heavy atom. The smallest absolute Gasteiger partial charge is 0.238 e. The van der Waals surface area contributed by atoms with Crippen molar-refractivity contribution in [3.05, 3.63) is 36.0 Å². The molecule has 1 aromatic carbocycles. The number of halogens is 1. The van der Waals surface area contributed by atoms with E-state index < -0.39 is 12.3 Å². The number of alkyl halides is 1. The normalized spacial score (nSPS) is 24.0. The minimum absolute atomic E-state index is 0.0810. The summed E-state index contributed by atoms with van der Waals surface area (Å²) in [4.78, 5) is 20.4. The number of pyridine rings is 1. The maximum absolute atomic E-state index is 13.4. The summed E-state index contributed by atoms with van der Waals surface area (Å²) in [7, 11) is 0. The van der Waals surface area contributed by atoms with Crippen molar-refractivity contribution in [2.24, 2.45) is 5.73 Å². The third-order valence-corrected chi connectivity index (χ3v) is 5.66. The summed E-state index contributed by atoms with van der Waals surface area (Å²) >= 11 is 0. The molecule has 28 heavy (non-hydrogen) atoms. The molecule has 3 heterocycles. The van der Waals surface area contributed by atoms with E-state index in [0.717, 1.165) is 42.6 Å². The number of fused-ring (bicyclic) bond motifs is 1. The van der Waals surface area contributed by atoms with Gasteiger partial charge >= 0.3 is 0 Å². The zero-order chi connectivity index (χ0) is 19.7. The average molecular weight is 386 g/mol. The molecule has 1 amide bonds. The summed E-state index contributed by atoms with van der Waals surface area (Å²) in [6.07, 6.45) is 2.33. The number of carbonyl (C=O) groups excluding carboxylic acids is 1. The minimum Gasteiger partial charge on any atom is -0.490 e. The number of aryl methyl sites for hydroxylation is 1. The second-order valence-electron chi connectivity index (χ2n) is 7.87. The number of benzene rings is 1. The minimum atomic E-state index is -1.00. The van der Waals surface area contributed by atoms with Crippen molar-refractivity contribution in [2.45, 2.75) is 44.6 Å². The highest BCUT2D eigenvalue weighted by Gasteiger charge is 2.34. The fourth-order valence-corrected chi connectivity index (χ4v) is 4.08. The van der Waals surface area contributed by atoms with Gasteiger partial charge in [0.1, 0.15) is 18.0 Å². The standard InChI is InChI=1S/C21H27FN4O2/c1-14-2-3-17-18(10-14)24-7-4-19(17)28-16-5-8-25(9-6-16)13-21(27)26-12-15(22)11-20(26)23/h2-4,7,10,15-16,20H,5-6,8-9,11-13,23H2,1H3/t15-,20-/m0/s1. The first-order valence-electron chi connectivity index (χ1n) is 9.93. The Labute approximate surface area is 164 Å². The molecule has 0 aliphatic carbocycles. The zero-order valence-electron chi connectivity index (χ0n) is 16.2. The molecule has 1 aromatic heterocycles. The van der Waals surface area contributed by atoms with Crippen molar-refractivity contribution in [3.63, 3.8) is 0 Å². The number of ether oxygens (including phenoxy) is 1. The van der Waals surface area contributed by atoms with Crippen molar-refractivity contribution in [1.29, 1.82) is 0 Å². The molecule has 2 saturated heterocycles. The van der Waals surface area contributed by atoms with Gasteiger partial charge in [-0.3, -0.25) is 14.7 Å². The quantitative estimate of drug-likeness (QED) is 0.873. The lowest BCUT2D eigenvalue weighted by atomic mass is 10.1. The molecule has 4 rings (SSSR count). The molecule has 2 aliphatic heterocycles. The van der Waals surface area contributed by atoms with Crippen LogP contribution >= 0.6 is 0 Å². The third kappa shape index (κ3) is 4.10. The lowest BCUT2D eigenvalue weighted by Crippen LogP contribution is -2.48. The van der Waals surface area contributed by atoms with Gasteiger partial charge < -0.3 is 15.4 Å². The van der Waals surface area contributed by atoms with Gasteiger partial charge in [-0.15, -0.1) is 0 Å². The number of amides is 1. The summed E-state index contributed by atoms with van der Waals surface area (Å²) in [5.41, 5.74) is 7.97. The number of rotatable bonds is 4. The Bertz CT molecular complexity index is 853. The molecule has 0 unspecified atom stereocenters. The zero-order valence-corrected chi connectivity index (χ0v) is 16.2. The maximum atomic E-state index is 13.4. The highest BCUT2D eigenvalue weighted by Crippen LogP contribution is 2.27. The number of aromatic nitrogens is 1. The maximum Gasteiger partial charge on any atom is 0.238 e. The van der Waals surface area contributed by atoms with Crippen LogP contribution in [0.3, 0.4) is 0 Å². The summed E-state index contributed by atoms with van der Waals surface area (Å²) in [5, 5.41) is 1.02. The van der Waals surface area contributed by atoms with Crippen LogP contribution in [0.5, 0.6) is 5.75 Å². The largest absolute Gasteiger partial charge is 0.490 e. The number of piperidine rings is 1. The summed E-state index contributed by atoms with van der Waals surface area (Å²) in [6, 6.07) is 8.09. The summed E-state index contributed by atoms with van der Waals surface area (Å²) < 4.78 is 19.7. The molecule has 2 fully saturated rings. The Balaban J connectivity index is 1.32. The van der Waals surface area contributed by atoms with Crippen LogP contribution in [0.2, 0.25) is 0 Å². The van der Waals surface area contributed by atoms with Gasteiger partial charge in [0.05, 0.1) is 24.8 Å². The van der Waals surface area contributed by atoms with Crippen LogP contribution in [-0.2, 0) is 4.79 Å². The van der Waals surface area contributed by atoms with Crippen molar-refractivity contribution in [2.75, 3.05) is 26.2 Å². The second kappa shape index (κ2) is 8.01. The van der Waals surface area contributed by atoms with E-state index in [1.807, 2.05) is 6.07 Å². The Kier molecular flexibility index (Phi) is 5.46. The van der Waals surface area contributed by atoms with E-state index >= 15 is 0 Å². The van der Waals surface area contributed by atoms with Gasteiger partial charge in [0.25, 0.3) is 0 Å². The Hall–Kier alpha value is -2.25. The van der Waals surface area contributed by atoms with Crippen LogP contribution in [0.25, 0.3) is 10.9 Å². The molecule has 2 atom stereocenters. The summed E-state index contributed by atoms with van der Waals surface area (Å²) in [5.74, 6) is 0.777. The lowest BCUT2D eigenvalue weighted by molar-refractivity contribution is -0.133. The fourth-order valence-electron chi connectivity index (χ4n) is 4.08. The fraction of sp³-hybridized carbons (Fsp3) is 0.524. The molecular formula is C21H27FN4O2. The van der Waals surface area contributed by atoms with Crippen molar-refractivity contribution >= 4 is 16.8 Å². The van der Waals surface area contributed by atoms with Gasteiger partial charge in [0.2, 0.25) is 5.91 Å².